The summed E-state index contributed by atoms with van der Waals surface area (Å²) in [6.45, 7) is 1.31. The minimum absolute atomic E-state index is 0.0738. The summed E-state index contributed by atoms with van der Waals surface area (Å²) >= 11 is 1.58. The minimum Gasteiger partial charge on any atom is -0.337 e. The molecule has 0 saturated carbocycles. The molecule has 19 heavy (non-hydrogen) atoms. The number of hydrogen-bond acceptors (Lipinski definition) is 5. The van der Waals surface area contributed by atoms with Crippen LogP contribution in [0.2, 0.25) is 0 Å². The first kappa shape index (κ1) is 10.7. The maximum atomic E-state index is 12.4. The molecule has 1 saturated heterocycles. The molecule has 96 valence electrons. The smallest absolute Gasteiger partial charge is 0.256 e. The molecule has 0 unspecified atom stereocenters. The Balaban J connectivity index is 1.53. The molecule has 1 N–H and O–H groups in total. The number of fused-ring (bicyclic) bond motifs is 1. The lowest BCUT2D eigenvalue weighted by Gasteiger charge is -2.37. The van der Waals surface area contributed by atoms with Crippen molar-refractivity contribution in [1.82, 2.24) is 29.9 Å². The SMILES string of the molecule is O=C(c1ccn2ccsc12)N1CC(c2nn[nH]n2)C1. The number of rotatable bonds is 2. The number of nitrogens with zero attached hydrogens (tertiary/aromatic N) is 5. The number of aromatic nitrogens is 5. The Morgan fingerprint density at radius 3 is 3.11 bits per heavy atom. The zero-order valence-corrected chi connectivity index (χ0v) is 10.7. The summed E-state index contributed by atoms with van der Waals surface area (Å²) in [7, 11) is 0. The molecule has 3 aromatic heterocycles. The maximum Gasteiger partial charge on any atom is 0.256 e. The fraction of sp³-hybridized carbons (Fsp3) is 0.273. The maximum absolute atomic E-state index is 12.4. The van der Waals surface area contributed by atoms with Crippen LogP contribution in [0.1, 0.15) is 22.1 Å². The monoisotopic (exact) mass is 274 g/mol. The Morgan fingerprint density at radius 2 is 2.32 bits per heavy atom. The van der Waals surface area contributed by atoms with Gasteiger partial charge in [0, 0.05) is 30.9 Å². The number of amides is 1. The van der Waals surface area contributed by atoms with Gasteiger partial charge in [-0.05, 0) is 6.07 Å². The van der Waals surface area contributed by atoms with Gasteiger partial charge < -0.3 is 9.30 Å². The number of hydrogen-bond donors (Lipinski definition) is 1. The fourth-order valence-electron chi connectivity index (χ4n) is 2.32. The summed E-state index contributed by atoms with van der Waals surface area (Å²) in [5, 5.41) is 15.8. The first-order valence-electron chi connectivity index (χ1n) is 5.89. The summed E-state index contributed by atoms with van der Waals surface area (Å²) in [5.41, 5.74) is 0.765. The van der Waals surface area contributed by atoms with Crippen LogP contribution in [0.25, 0.3) is 4.83 Å². The lowest BCUT2D eigenvalue weighted by Crippen LogP contribution is -2.48. The lowest BCUT2D eigenvalue weighted by molar-refractivity contribution is 0.0597. The van der Waals surface area contributed by atoms with Crippen LogP contribution in [0.5, 0.6) is 0 Å². The molecule has 4 heterocycles. The van der Waals surface area contributed by atoms with E-state index in [0.29, 0.717) is 18.9 Å². The second kappa shape index (κ2) is 3.89. The average Bonchev–Trinajstić information content (AvgIpc) is 3.03. The molecule has 4 rings (SSSR count). The minimum atomic E-state index is 0.0738. The molecule has 1 amide bonds. The van der Waals surface area contributed by atoms with Crippen molar-refractivity contribution in [3.05, 3.63) is 35.2 Å². The average molecular weight is 274 g/mol. The van der Waals surface area contributed by atoms with Gasteiger partial charge in [-0.2, -0.15) is 5.21 Å². The molecule has 7 nitrogen and oxygen atoms in total. The summed E-state index contributed by atoms with van der Waals surface area (Å²) in [6, 6.07) is 1.87. The zero-order chi connectivity index (χ0) is 12.8. The van der Waals surface area contributed by atoms with Gasteiger partial charge in [0.15, 0.2) is 5.82 Å². The van der Waals surface area contributed by atoms with E-state index < -0.39 is 0 Å². The van der Waals surface area contributed by atoms with Gasteiger partial charge in [-0.25, -0.2) is 0 Å². The molecule has 3 aromatic rings. The van der Waals surface area contributed by atoms with E-state index in [1.807, 2.05) is 33.1 Å². The topological polar surface area (TPSA) is 79.2 Å². The van der Waals surface area contributed by atoms with Crippen LogP contribution in [0, 0.1) is 0 Å². The number of aromatic amines is 1. The Kier molecular flexibility index (Phi) is 2.18. The van der Waals surface area contributed by atoms with Gasteiger partial charge >= 0.3 is 0 Å². The quantitative estimate of drug-likeness (QED) is 0.748. The van der Waals surface area contributed by atoms with Crippen molar-refractivity contribution < 1.29 is 4.79 Å². The molecule has 0 radical (unpaired) electrons. The van der Waals surface area contributed by atoms with E-state index in [1.54, 1.807) is 11.3 Å². The molecule has 8 heteroatoms. The van der Waals surface area contributed by atoms with Gasteiger partial charge in [-0.1, -0.05) is 5.21 Å². The molecule has 0 bridgehead atoms. The van der Waals surface area contributed by atoms with Crippen LogP contribution >= 0.6 is 11.3 Å². The van der Waals surface area contributed by atoms with Crippen LogP contribution in [0.15, 0.2) is 23.8 Å². The zero-order valence-electron chi connectivity index (χ0n) is 9.85. The highest BCUT2D eigenvalue weighted by Gasteiger charge is 2.35. The van der Waals surface area contributed by atoms with E-state index in [0.717, 1.165) is 10.4 Å². The second-order valence-corrected chi connectivity index (χ2v) is 5.42. The number of nitrogens with one attached hydrogen (secondary N) is 1. The van der Waals surface area contributed by atoms with Crippen LogP contribution in [0.4, 0.5) is 0 Å². The number of thiazole rings is 1. The number of H-pyrrole nitrogens is 1. The third-order valence-electron chi connectivity index (χ3n) is 3.39. The van der Waals surface area contributed by atoms with Gasteiger partial charge in [0.25, 0.3) is 5.91 Å². The third-order valence-corrected chi connectivity index (χ3v) is 4.31. The van der Waals surface area contributed by atoms with Gasteiger partial charge in [0.1, 0.15) is 4.83 Å². The summed E-state index contributed by atoms with van der Waals surface area (Å²) in [6.07, 6.45) is 3.87. The highest BCUT2D eigenvalue weighted by molar-refractivity contribution is 7.16. The Morgan fingerprint density at radius 1 is 1.42 bits per heavy atom. The third kappa shape index (κ3) is 1.56. The largest absolute Gasteiger partial charge is 0.337 e. The van der Waals surface area contributed by atoms with Crippen LogP contribution < -0.4 is 0 Å². The van der Waals surface area contributed by atoms with Crippen molar-refractivity contribution in [2.75, 3.05) is 13.1 Å². The molecule has 0 aliphatic carbocycles. The highest BCUT2D eigenvalue weighted by atomic mass is 32.1. The highest BCUT2D eigenvalue weighted by Crippen LogP contribution is 2.27. The van der Waals surface area contributed by atoms with E-state index in [1.165, 1.54) is 0 Å². The molecular formula is C11H10N6OS. The fourth-order valence-corrected chi connectivity index (χ4v) is 3.17. The van der Waals surface area contributed by atoms with Gasteiger partial charge in [0.2, 0.25) is 0 Å². The van der Waals surface area contributed by atoms with Crippen LogP contribution in [-0.4, -0.2) is 48.9 Å². The van der Waals surface area contributed by atoms with Gasteiger partial charge in [-0.3, -0.25) is 4.79 Å². The Hall–Kier alpha value is -2.22. The van der Waals surface area contributed by atoms with Crippen LogP contribution in [-0.2, 0) is 0 Å². The summed E-state index contributed by atoms with van der Waals surface area (Å²) in [5.74, 6) is 0.955. The van der Waals surface area contributed by atoms with Crippen molar-refractivity contribution in [3.8, 4) is 0 Å². The van der Waals surface area contributed by atoms with E-state index in [4.69, 9.17) is 0 Å². The number of carbonyl (C=O) groups is 1. The van der Waals surface area contributed by atoms with Crippen molar-refractivity contribution in [3.63, 3.8) is 0 Å². The van der Waals surface area contributed by atoms with E-state index in [2.05, 4.69) is 20.6 Å². The Labute approximate surface area is 111 Å². The second-order valence-electron chi connectivity index (χ2n) is 4.52. The predicted molar refractivity (Wildman–Crippen MR) is 68.1 cm³/mol. The molecule has 1 fully saturated rings. The number of likely N-dealkylation sites (tertiary alicyclic amines) is 1. The lowest BCUT2D eigenvalue weighted by atomic mass is 9.99. The van der Waals surface area contributed by atoms with E-state index >= 15 is 0 Å². The van der Waals surface area contributed by atoms with Crippen molar-refractivity contribution in [1.29, 1.82) is 0 Å². The molecule has 1 aliphatic heterocycles. The first-order chi connectivity index (χ1) is 9.33. The van der Waals surface area contributed by atoms with Crippen molar-refractivity contribution >= 4 is 22.1 Å². The summed E-state index contributed by atoms with van der Waals surface area (Å²) < 4.78 is 1.97. The predicted octanol–water partition coefficient (Wildman–Crippen LogP) is 0.754. The molecule has 1 aliphatic rings. The molecule has 0 aromatic carbocycles. The van der Waals surface area contributed by atoms with Crippen molar-refractivity contribution in [2.24, 2.45) is 0 Å². The first-order valence-corrected chi connectivity index (χ1v) is 6.77. The van der Waals surface area contributed by atoms with Gasteiger partial charge in [-0.15, -0.1) is 21.5 Å². The number of carbonyl (C=O) groups excluding carboxylic acids is 1. The van der Waals surface area contributed by atoms with E-state index in [9.17, 15) is 4.79 Å². The Bertz CT molecular complexity index is 723. The van der Waals surface area contributed by atoms with Gasteiger partial charge in [0.05, 0.1) is 11.5 Å². The molecule has 0 spiro atoms. The van der Waals surface area contributed by atoms with Crippen LogP contribution in [0.3, 0.4) is 0 Å². The van der Waals surface area contributed by atoms with E-state index in [-0.39, 0.29) is 11.8 Å². The molecular weight excluding hydrogens is 264 g/mol. The standard InChI is InChI=1S/C11H10N6OS/c18-10(8-1-2-16-3-4-19-11(8)16)17-5-7(6-17)9-12-14-15-13-9/h1-4,7H,5-6H2,(H,12,13,14,15). The summed E-state index contributed by atoms with van der Waals surface area (Å²) in [4.78, 5) is 15.2. The normalized spacial score (nSPS) is 15.9. The number of tetrazole rings is 1. The van der Waals surface area contributed by atoms with Crippen molar-refractivity contribution in [2.45, 2.75) is 5.92 Å². The molecule has 0 atom stereocenters.